The molecule has 0 rings (SSSR count). The van der Waals surface area contributed by atoms with Crippen molar-refractivity contribution in [1.82, 2.24) is 0 Å². The van der Waals surface area contributed by atoms with Gasteiger partial charge in [-0.25, -0.2) is 4.39 Å². The maximum Gasteiger partial charge on any atom is 0.0969 e. The number of nitrogens with zero attached hydrogens (tertiary/aromatic N) is 1. The number of aliphatic hydroxyl groups excluding tert-OH is 1. The second-order valence-electron chi connectivity index (χ2n) is 2.40. The van der Waals surface area contributed by atoms with Crippen LogP contribution in [-0.4, -0.2) is 18.4 Å². The molecule has 0 aromatic carbocycles. The van der Waals surface area contributed by atoms with E-state index < -0.39 is 0 Å². The van der Waals surface area contributed by atoms with Crippen LogP contribution < -0.4 is 0 Å². The average molecular weight is 171 g/mol. The van der Waals surface area contributed by atoms with Gasteiger partial charge in [-0.15, -0.1) is 0 Å². The van der Waals surface area contributed by atoms with E-state index in [2.05, 4.69) is 11.7 Å². The molecule has 0 aliphatic rings. The molecule has 0 saturated heterocycles. The Morgan fingerprint density at radius 1 is 1.58 bits per heavy atom. The summed E-state index contributed by atoms with van der Waals surface area (Å²) in [5, 5.41) is 8.51. The molecule has 0 unspecified atom stereocenters. The lowest BCUT2D eigenvalue weighted by atomic mass is 10.2. The summed E-state index contributed by atoms with van der Waals surface area (Å²) >= 11 is 0. The van der Waals surface area contributed by atoms with E-state index >= 15 is 0 Å². The lowest BCUT2D eigenvalue weighted by Crippen LogP contribution is -1.84. The summed E-state index contributed by atoms with van der Waals surface area (Å²) in [7, 11) is 0. The van der Waals surface area contributed by atoms with E-state index in [0.29, 0.717) is 18.5 Å². The number of rotatable bonds is 5. The third kappa shape index (κ3) is 5.80. The fourth-order valence-electron chi connectivity index (χ4n) is 0.686. The first kappa shape index (κ1) is 11.0. The number of hydrogen-bond donors (Lipinski definition) is 1. The average Bonchev–Trinajstić information content (AvgIpc) is 2.05. The first-order chi connectivity index (χ1) is 5.70. The van der Waals surface area contributed by atoms with Crippen LogP contribution in [0.5, 0.6) is 0 Å². The molecule has 0 amide bonds. The highest BCUT2D eigenvalue weighted by Gasteiger charge is 1.91. The number of halogens is 1. The molecule has 0 aromatic rings. The quantitative estimate of drug-likeness (QED) is 0.499. The number of hydrogen-bond acceptors (Lipinski definition) is 2. The number of allylic oxidation sites excluding steroid dienone is 4. The van der Waals surface area contributed by atoms with Gasteiger partial charge in [0.25, 0.3) is 0 Å². The fraction of sp³-hybridized carbons (Fsp3) is 0.444. The van der Waals surface area contributed by atoms with Crippen molar-refractivity contribution >= 4 is 6.72 Å². The predicted molar refractivity (Wildman–Crippen MR) is 48.8 cm³/mol. The molecular weight excluding hydrogens is 157 g/mol. The zero-order chi connectivity index (χ0) is 9.40. The first-order valence-electron chi connectivity index (χ1n) is 3.81. The van der Waals surface area contributed by atoms with Gasteiger partial charge >= 0.3 is 0 Å². The van der Waals surface area contributed by atoms with Crippen LogP contribution in [0.2, 0.25) is 0 Å². The van der Waals surface area contributed by atoms with Crippen molar-refractivity contribution in [2.24, 2.45) is 4.99 Å². The van der Waals surface area contributed by atoms with E-state index in [1.54, 1.807) is 6.08 Å². The Labute approximate surface area is 72.1 Å². The van der Waals surface area contributed by atoms with Gasteiger partial charge in [-0.1, -0.05) is 0 Å². The molecule has 0 saturated carbocycles. The molecule has 3 heteroatoms. The highest BCUT2D eigenvalue weighted by atomic mass is 19.1. The molecule has 12 heavy (non-hydrogen) atoms. The van der Waals surface area contributed by atoms with Crippen LogP contribution in [0, 0.1) is 0 Å². The second kappa shape index (κ2) is 6.73. The van der Waals surface area contributed by atoms with Gasteiger partial charge in [0.15, 0.2) is 0 Å². The van der Waals surface area contributed by atoms with Crippen molar-refractivity contribution in [3.63, 3.8) is 0 Å². The summed E-state index contributed by atoms with van der Waals surface area (Å²) < 4.78 is 12.2. The van der Waals surface area contributed by atoms with Crippen LogP contribution >= 0.6 is 0 Å². The summed E-state index contributed by atoms with van der Waals surface area (Å²) in [6.07, 6.45) is 4.16. The highest BCUT2D eigenvalue weighted by Crippen LogP contribution is 2.06. The number of aliphatic hydroxyl groups is 1. The lowest BCUT2D eigenvalue weighted by Gasteiger charge is -1.96. The Morgan fingerprint density at radius 2 is 2.25 bits per heavy atom. The van der Waals surface area contributed by atoms with Gasteiger partial charge in [0, 0.05) is 12.3 Å². The first-order valence-corrected chi connectivity index (χ1v) is 3.81. The zero-order valence-corrected chi connectivity index (χ0v) is 7.26. The summed E-state index contributed by atoms with van der Waals surface area (Å²) in [6, 6.07) is 0. The molecule has 1 N–H and O–H groups in total. The minimum Gasteiger partial charge on any atom is -0.396 e. The fourth-order valence-corrected chi connectivity index (χ4v) is 0.686. The SMILES string of the molecule is C=N/C(=C\C=C(/C)F)CCCO. The van der Waals surface area contributed by atoms with Crippen molar-refractivity contribution < 1.29 is 9.50 Å². The van der Waals surface area contributed by atoms with Crippen LogP contribution in [0.1, 0.15) is 19.8 Å². The summed E-state index contributed by atoms with van der Waals surface area (Å²) in [4.78, 5) is 3.69. The maximum absolute atomic E-state index is 12.2. The maximum atomic E-state index is 12.2. The van der Waals surface area contributed by atoms with Crippen LogP contribution in [0.3, 0.4) is 0 Å². The molecule has 0 fully saturated rings. The molecular formula is C9H14FNO. The third-order valence-corrected chi connectivity index (χ3v) is 1.30. The number of aliphatic imine (C=N–C) groups is 1. The lowest BCUT2D eigenvalue weighted by molar-refractivity contribution is 0.288. The Bertz CT molecular complexity index is 193. The van der Waals surface area contributed by atoms with Gasteiger partial charge in [-0.05, 0) is 38.6 Å². The minimum absolute atomic E-state index is 0.116. The molecule has 0 heterocycles. The van der Waals surface area contributed by atoms with E-state index in [1.807, 2.05) is 0 Å². The van der Waals surface area contributed by atoms with Crippen molar-refractivity contribution in [3.05, 3.63) is 23.7 Å². The van der Waals surface area contributed by atoms with Crippen LogP contribution in [0.15, 0.2) is 28.7 Å². The van der Waals surface area contributed by atoms with Crippen molar-refractivity contribution in [3.8, 4) is 0 Å². The Morgan fingerprint density at radius 3 is 2.67 bits per heavy atom. The monoisotopic (exact) mass is 171 g/mol. The summed E-state index contributed by atoms with van der Waals surface area (Å²) in [6.45, 7) is 4.82. The standard InChI is InChI=1S/C9H14FNO/c1-8(10)5-6-9(11-2)4-3-7-12/h5-6,12H,2-4,7H2,1H3/b8-5+,9-6-. The van der Waals surface area contributed by atoms with E-state index in [9.17, 15) is 4.39 Å². The van der Waals surface area contributed by atoms with Gasteiger partial charge < -0.3 is 5.11 Å². The molecule has 0 aromatic heterocycles. The molecule has 0 bridgehead atoms. The molecule has 68 valence electrons. The van der Waals surface area contributed by atoms with Crippen molar-refractivity contribution in [2.45, 2.75) is 19.8 Å². The van der Waals surface area contributed by atoms with E-state index in [-0.39, 0.29) is 12.4 Å². The Balaban J connectivity index is 4.04. The van der Waals surface area contributed by atoms with E-state index in [4.69, 9.17) is 5.11 Å². The Kier molecular flexibility index (Phi) is 6.19. The van der Waals surface area contributed by atoms with Crippen LogP contribution in [0.4, 0.5) is 4.39 Å². The topological polar surface area (TPSA) is 32.6 Å². The van der Waals surface area contributed by atoms with Crippen LogP contribution in [-0.2, 0) is 0 Å². The molecule has 0 atom stereocenters. The molecule has 0 aliphatic heterocycles. The normalized spacial score (nSPS) is 13.2. The largest absolute Gasteiger partial charge is 0.396 e. The smallest absolute Gasteiger partial charge is 0.0969 e. The van der Waals surface area contributed by atoms with Gasteiger partial charge in [0.2, 0.25) is 0 Å². The van der Waals surface area contributed by atoms with Gasteiger partial charge in [-0.2, -0.15) is 0 Å². The minimum atomic E-state index is -0.264. The summed E-state index contributed by atoms with van der Waals surface area (Å²) in [5.74, 6) is -0.264. The summed E-state index contributed by atoms with van der Waals surface area (Å²) in [5.41, 5.74) is 0.695. The second-order valence-corrected chi connectivity index (χ2v) is 2.40. The highest BCUT2D eigenvalue weighted by molar-refractivity contribution is 5.30. The van der Waals surface area contributed by atoms with Gasteiger partial charge in [-0.3, -0.25) is 4.99 Å². The predicted octanol–water partition coefficient (Wildman–Crippen LogP) is 2.22. The van der Waals surface area contributed by atoms with Gasteiger partial charge in [0.1, 0.15) is 0 Å². The molecule has 0 aliphatic carbocycles. The van der Waals surface area contributed by atoms with E-state index in [0.717, 1.165) is 0 Å². The van der Waals surface area contributed by atoms with Gasteiger partial charge in [0.05, 0.1) is 5.83 Å². The van der Waals surface area contributed by atoms with Crippen LogP contribution in [0.25, 0.3) is 0 Å². The van der Waals surface area contributed by atoms with E-state index in [1.165, 1.54) is 13.0 Å². The molecule has 0 spiro atoms. The molecule has 2 nitrogen and oxygen atoms in total. The molecule has 0 radical (unpaired) electrons. The zero-order valence-electron chi connectivity index (χ0n) is 7.26. The Hall–Kier alpha value is -0.960. The third-order valence-electron chi connectivity index (χ3n) is 1.30. The van der Waals surface area contributed by atoms with Crippen molar-refractivity contribution in [1.29, 1.82) is 0 Å². The van der Waals surface area contributed by atoms with Crippen molar-refractivity contribution in [2.75, 3.05) is 6.61 Å².